The van der Waals surface area contributed by atoms with Crippen LogP contribution in [0, 0.1) is 0 Å². The quantitative estimate of drug-likeness (QED) is 0.323. The monoisotopic (exact) mass is 333 g/mol. The fraction of sp³-hybridized carbons (Fsp3) is 0.0500. The van der Waals surface area contributed by atoms with Crippen molar-refractivity contribution in [1.82, 2.24) is 0 Å². The largest absolute Gasteiger partial charge is 0.456 e. The van der Waals surface area contributed by atoms with Gasteiger partial charge in [0.25, 0.3) is 0 Å². The fourth-order valence-electron chi connectivity index (χ4n) is 2.96. The molecular weight excluding hydrogens is 318 g/mol. The number of benzene rings is 3. The summed E-state index contributed by atoms with van der Waals surface area (Å²) in [6, 6.07) is 19.0. The smallest absolute Gasteiger partial charge is 0.182 e. The molecule has 0 radical (unpaired) electrons. The van der Waals surface area contributed by atoms with E-state index in [2.05, 4.69) is 30.5 Å². The number of thioether (sulfide) groups is 1. The SMILES string of the molecule is CSc1ccc(-c2c3ccc(=O)cc-3oc3cc(N)ccc23)cc1. The minimum Gasteiger partial charge on any atom is -0.456 e. The Bertz CT molecular complexity index is 1070. The molecule has 2 aromatic rings. The predicted octanol–water partition coefficient (Wildman–Crippen LogP) is 4.87. The Balaban J connectivity index is 2.11. The van der Waals surface area contributed by atoms with Crippen molar-refractivity contribution in [2.45, 2.75) is 4.90 Å². The molecule has 0 spiro atoms. The molecule has 2 aliphatic rings. The highest BCUT2D eigenvalue weighted by Crippen LogP contribution is 2.40. The maximum Gasteiger partial charge on any atom is 0.182 e. The Morgan fingerprint density at radius 1 is 0.958 bits per heavy atom. The van der Waals surface area contributed by atoms with Gasteiger partial charge in [-0.3, -0.25) is 4.79 Å². The normalized spacial score (nSPS) is 11.2. The lowest BCUT2D eigenvalue weighted by atomic mass is 9.94. The standard InChI is InChI=1S/C20H15NO2S/c1-24-15-6-2-12(3-7-15)20-16-8-4-13(21)10-18(16)23-19-11-14(22)5-9-17(19)20/h2-11H,21H2,1H3. The van der Waals surface area contributed by atoms with Crippen LogP contribution in [0.2, 0.25) is 0 Å². The first-order valence-electron chi connectivity index (χ1n) is 7.56. The number of nitrogens with two attached hydrogens (primary N) is 1. The van der Waals surface area contributed by atoms with Crippen LogP contribution in [-0.2, 0) is 0 Å². The zero-order valence-electron chi connectivity index (χ0n) is 13.1. The molecule has 0 fully saturated rings. The van der Waals surface area contributed by atoms with Gasteiger partial charge in [-0.15, -0.1) is 11.8 Å². The van der Waals surface area contributed by atoms with E-state index in [4.69, 9.17) is 10.2 Å². The van der Waals surface area contributed by atoms with Crippen LogP contribution >= 0.6 is 11.8 Å². The summed E-state index contributed by atoms with van der Waals surface area (Å²) in [5, 5.41) is 0.979. The third kappa shape index (κ3) is 2.45. The van der Waals surface area contributed by atoms with Crippen molar-refractivity contribution in [3.63, 3.8) is 0 Å². The van der Waals surface area contributed by atoms with E-state index in [0.29, 0.717) is 17.0 Å². The Hall–Kier alpha value is -2.72. The Labute approximate surface area is 143 Å². The molecule has 4 rings (SSSR count). The van der Waals surface area contributed by atoms with Gasteiger partial charge in [0.15, 0.2) is 5.43 Å². The third-order valence-electron chi connectivity index (χ3n) is 4.10. The molecule has 118 valence electrons. The lowest BCUT2D eigenvalue weighted by Gasteiger charge is -2.15. The first-order valence-corrected chi connectivity index (χ1v) is 8.79. The molecule has 0 saturated heterocycles. The van der Waals surface area contributed by atoms with Gasteiger partial charge in [-0.2, -0.15) is 0 Å². The van der Waals surface area contributed by atoms with Gasteiger partial charge in [0, 0.05) is 39.2 Å². The van der Waals surface area contributed by atoms with E-state index < -0.39 is 0 Å². The molecule has 0 aromatic heterocycles. The zero-order chi connectivity index (χ0) is 16.7. The van der Waals surface area contributed by atoms with Crippen LogP contribution < -0.4 is 11.2 Å². The Morgan fingerprint density at radius 3 is 2.50 bits per heavy atom. The summed E-state index contributed by atoms with van der Waals surface area (Å²) >= 11 is 1.71. The van der Waals surface area contributed by atoms with Gasteiger partial charge in [0.1, 0.15) is 11.3 Å². The number of rotatable bonds is 2. The molecule has 1 aliphatic heterocycles. The zero-order valence-corrected chi connectivity index (χ0v) is 13.9. The van der Waals surface area contributed by atoms with Gasteiger partial charge in [0.2, 0.25) is 0 Å². The molecule has 4 heteroatoms. The van der Waals surface area contributed by atoms with Gasteiger partial charge in [0.05, 0.1) is 0 Å². The number of anilines is 1. The van der Waals surface area contributed by atoms with E-state index in [1.165, 1.54) is 11.0 Å². The van der Waals surface area contributed by atoms with Crippen molar-refractivity contribution in [2.24, 2.45) is 0 Å². The lowest BCUT2D eigenvalue weighted by molar-refractivity contribution is 0.619. The molecule has 2 N–H and O–H groups in total. The van der Waals surface area contributed by atoms with Gasteiger partial charge in [-0.05, 0) is 48.2 Å². The van der Waals surface area contributed by atoms with Gasteiger partial charge >= 0.3 is 0 Å². The second-order valence-electron chi connectivity index (χ2n) is 5.62. The Morgan fingerprint density at radius 2 is 1.75 bits per heavy atom. The van der Waals surface area contributed by atoms with Crippen molar-refractivity contribution < 1.29 is 4.42 Å². The molecule has 0 atom stereocenters. The fourth-order valence-corrected chi connectivity index (χ4v) is 3.36. The summed E-state index contributed by atoms with van der Waals surface area (Å²) in [5.74, 6) is 0.574. The average Bonchev–Trinajstić information content (AvgIpc) is 2.59. The molecule has 0 unspecified atom stereocenters. The summed E-state index contributed by atoms with van der Waals surface area (Å²) < 4.78 is 5.93. The maximum atomic E-state index is 11.7. The predicted molar refractivity (Wildman–Crippen MR) is 101 cm³/mol. The molecule has 2 aromatic carbocycles. The number of hydrogen-bond donors (Lipinski definition) is 1. The molecule has 0 bridgehead atoms. The van der Waals surface area contributed by atoms with Gasteiger partial charge < -0.3 is 10.2 Å². The average molecular weight is 333 g/mol. The highest BCUT2D eigenvalue weighted by molar-refractivity contribution is 7.98. The van der Waals surface area contributed by atoms with Crippen molar-refractivity contribution >= 4 is 28.4 Å². The van der Waals surface area contributed by atoms with Gasteiger partial charge in [-0.25, -0.2) is 0 Å². The van der Waals surface area contributed by atoms with Gasteiger partial charge in [-0.1, -0.05) is 12.1 Å². The highest BCUT2D eigenvalue weighted by Gasteiger charge is 2.17. The topological polar surface area (TPSA) is 56.2 Å². The van der Waals surface area contributed by atoms with Crippen molar-refractivity contribution in [1.29, 1.82) is 0 Å². The maximum absolute atomic E-state index is 11.7. The minimum absolute atomic E-state index is 0.0711. The number of fused-ring (bicyclic) bond motifs is 2. The molecule has 0 saturated carbocycles. The third-order valence-corrected chi connectivity index (χ3v) is 4.84. The molecule has 3 nitrogen and oxygen atoms in total. The highest BCUT2D eigenvalue weighted by atomic mass is 32.2. The van der Waals surface area contributed by atoms with Crippen molar-refractivity contribution in [2.75, 3.05) is 12.0 Å². The minimum atomic E-state index is -0.0711. The van der Waals surface area contributed by atoms with E-state index in [9.17, 15) is 4.79 Å². The second-order valence-corrected chi connectivity index (χ2v) is 6.50. The lowest BCUT2D eigenvalue weighted by Crippen LogP contribution is -2.00. The molecule has 1 aliphatic carbocycles. The molecule has 0 amide bonds. The second kappa shape index (κ2) is 5.73. The van der Waals surface area contributed by atoms with E-state index in [0.717, 1.165) is 22.1 Å². The summed E-state index contributed by atoms with van der Waals surface area (Å²) in [6.45, 7) is 0. The molecule has 1 heterocycles. The van der Waals surface area contributed by atoms with Crippen LogP contribution in [0.3, 0.4) is 0 Å². The van der Waals surface area contributed by atoms with Crippen molar-refractivity contribution in [3.8, 4) is 22.5 Å². The van der Waals surface area contributed by atoms with Crippen LogP contribution in [0.5, 0.6) is 0 Å². The van der Waals surface area contributed by atoms with Crippen LogP contribution in [0.4, 0.5) is 5.69 Å². The Kier molecular flexibility index (Phi) is 3.54. The van der Waals surface area contributed by atoms with E-state index in [1.54, 1.807) is 23.9 Å². The van der Waals surface area contributed by atoms with Crippen LogP contribution in [0.15, 0.2) is 74.8 Å². The number of nitrogen functional groups attached to an aromatic ring is 1. The van der Waals surface area contributed by atoms with E-state index in [1.807, 2.05) is 18.2 Å². The summed E-state index contributed by atoms with van der Waals surface area (Å²) in [4.78, 5) is 12.9. The summed E-state index contributed by atoms with van der Waals surface area (Å²) in [5.41, 5.74) is 10.2. The van der Waals surface area contributed by atoms with Crippen molar-refractivity contribution in [3.05, 3.63) is 70.9 Å². The molecular formula is C20H15NO2S. The number of hydrogen-bond acceptors (Lipinski definition) is 4. The van der Waals surface area contributed by atoms with E-state index >= 15 is 0 Å². The first-order chi connectivity index (χ1) is 11.7. The van der Waals surface area contributed by atoms with E-state index in [-0.39, 0.29) is 5.43 Å². The summed E-state index contributed by atoms with van der Waals surface area (Å²) in [7, 11) is 0. The van der Waals surface area contributed by atoms with Crippen LogP contribution in [0.1, 0.15) is 0 Å². The first kappa shape index (κ1) is 14.8. The van der Waals surface area contributed by atoms with Crippen LogP contribution in [-0.4, -0.2) is 6.26 Å². The van der Waals surface area contributed by atoms with Crippen LogP contribution in [0.25, 0.3) is 33.4 Å². The summed E-state index contributed by atoms with van der Waals surface area (Å²) in [6.07, 6.45) is 2.06. The molecule has 24 heavy (non-hydrogen) atoms.